The molecule has 0 unspecified atom stereocenters. The molecule has 0 heterocycles. The number of nitrogens with two attached hydrogens (primary N) is 1. The van der Waals surface area contributed by atoms with Crippen molar-refractivity contribution in [2.24, 2.45) is 5.73 Å². The highest BCUT2D eigenvalue weighted by molar-refractivity contribution is 5.90. The number of hydrogen-bond acceptors (Lipinski definition) is 2. The Hall–Kier alpha value is -1.22. The van der Waals surface area contributed by atoms with Gasteiger partial charge in [-0.2, -0.15) is 0 Å². The number of carbonyl (C=O) groups is 1. The van der Waals surface area contributed by atoms with Crippen LogP contribution < -0.4 is 5.73 Å². The van der Waals surface area contributed by atoms with Gasteiger partial charge in [-0.05, 0) is 24.5 Å². The quantitative estimate of drug-likeness (QED) is 0.850. The molecule has 0 aromatic heterocycles. The van der Waals surface area contributed by atoms with Crippen LogP contribution >= 0.6 is 0 Å². The van der Waals surface area contributed by atoms with Crippen molar-refractivity contribution < 1.29 is 9.18 Å². The summed E-state index contributed by atoms with van der Waals surface area (Å²) < 4.78 is 13.4. The van der Waals surface area contributed by atoms with Crippen LogP contribution in [0.1, 0.15) is 31.2 Å². The fourth-order valence-electron chi connectivity index (χ4n) is 2.28. The van der Waals surface area contributed by atoms with Crippen molar-refractivity contribution in [3.63, 3.8) is 0 Å². The maximum atomic E-state index is 13.4. The third-order valence-electron chi connectivity index (χ3n) is 3.36. The molecule has 0 amide bonds. The molecule has 16 heavy (non-hydrogen) atoms. The van der Waals surface area contributed by atoms with Gasteiger partial charge < -0.3 is 5.73 Å². The summed E-state index contributed by atoms with van der Waals surface area (Å²) in [5.74, 6) is -0.354. The van der Waals surface area contributed by atoms with Gasteiger partial charge in [-0.1, -0.05) is 31.0 Å². The summed E-state index contributed by atoms with van der Waals surface area (Å²) in [6, 6.07) is 6.38. The highest BCUT2D eigenvalue weighted by atomic mass is 19.1. The lowest BCUT2D eigenvalue weighted by molar-refractivity contribution is -0.123. The van der Waals surface area contributed by atoms with E-state index < -0.39 is 5.54 Å². The zero-order valence-corrected chi connectivity index (χ0v) is 9.21. The van der Waals surface area contributed by atoms with Crippen molar-refractivity contribution in [1.29, 1.82) is 0 Å². The van der Waals surface area contributed by atoms with E-state index in [1.807, 2.05) is 0 Å². The van der Waals surface area contributed by atoms with Crippen LogP contribution in [0.25, 0.3) is 0 Å². The van der Waals surface area contributed by atoms with Gasteiger partial charge in [-0.15, -0.1) is 0 Å². The number of rotatable bonds is 3. The Balaban J connectivity index is 2.10. The monoisotopic (exact) mass is 221 g/mol. The van der Waals surface area contributed by atoms with E-state index >= 15 is 0 Å². The highest BCUT2D eigenvalue weighted by Crippen LogP contribution is 2.29. The maximum absolute atomic E-state index is 13.4. The Morgan fingerprint density at radius 3 is 2.56 bits per heavy atom. The van der Waals surface area contributed by atoms with Gasteiger partial charge in [-0.3, -0.25) is 4.79 Å². The largest absolute Gasteiger partial charge is 0.319 e. The van der Waals surface area contributed by atoms with E-state index in [0.29, 0.717) is 5.56 Å². The van der Waals surface area contributed by atoms with Crippen LogP contribution in [0, 0.1) is 5.82 Å². The van der Waals surface area contributed by atoms with Gasteiger partial charge in [-0.25, -0.2) is 4.39 Å². The number of carbonyl (C=O) groups excluding carboxylic acids is 1. The highest BCUT2D eigenvalue weighted by Gasteiger charge is 2.36. The summed E-state index contributed by atoms with van der Waals surface area (Å²) >= 11 is 0. The van der Waals surface area contributed by atoms with Gasteiger partial charge >= 0.3 is 0 Å². The lowest BCUT2D eigenvalue weighted by Gasteiger charge is -2.21. The second kappa shape index (κ2) is 4.34. The van der Waals surface area contributed by atoms with Crippen LogP contribution in [0.5, 0.6) is 0 Å². The number of benzene rings is 1. The Kier molecular flexibility index (Phi) is 3.06. The zero-order chi connectivity index (χ0) is 11.6. The van der Waals surface area contributed by atoms with Gasteiger partial charge in [0.2, 0.25) is 0 Å². The summed E-state index contributed by atoms with van der Waals surface area (Å²) in [5, 5.41) is 0. The molecule has 0 atom stereocenters. The first-order valence-electron chi connectivity index (χ1n) is 5.67. The second-order valence-corrected chi connectivity index (χ2v) is 4.55. The molecule has 0 bridgehead atoms. The molecule has 86 valence electrons. The molecule has 2 N–H and O–H groups in total. The van der Waals surface area contributed by atoms with Crippen LogP contribution in [0.3, 0.4) is 0 Å². The van der Waals surface area contributed by atoms with Crippen LogP contribution in [-0.2, 0) is 11.2 Å². The average molecular weight is 221 g/mol. The molecule has 1 aliphatic carbocycles. The fourth-order valence-corrected chi connectivity index (χ4v) is 2.28. The van der Waals surface area contributed by atoms with Crippen molar-refractivity contribution in [3.05, 3.63) is 35.6 Å². The van der Waals surface area contributed by atoms with Crippen LogP contribution in [0.15, 0.2) is 24.3 Å². The molecule has 1 aliphatic rings. The minimum atomic E-state index is -0.706. The molecule has 0 spiro atoms. The molecule has 1 saturated carbocycles. The Labute approximate surface area is 94.6 Å². The van der Waals surface area contributed by atoms with Gasteiger partial charge in [0, 0.05) is 6.42 Å². The Bertz CT molecular complexity index is 397. The number of halogens is 1. The van der Waals surface area contributed by atoms with Crippen LogP contribution in [-0.4, -0.2) is 11.3 Å². The molecule has 3 heteroatoms. The van der Waals surface area contributed by atoms with Crippen molar-refractivity contribution in [2.45, 2.75) is 37.6 Å². The van der Waals surface area contributed by atoms with Crippen molar-refractivity contribution in [3.8, 4) is 0 Å². The average Bonchev–Trinajstić information content (AvgIpc) is 2.70. The number of Topliss-reactive ketones (excluding diaryl/α,β-unsaturated/α-hetero) is 1. The summed E-state index contributed by atoms with van der Waals surface area (Å²) in [5.41, 5.74) is 5.77. The minimum absolute atomic E-state index is 0.0323. The van der Waals surface area contributed by atoms with E-state index in [0.717, 1.165) is 25.7 Å². The van der Waals surface area contributed by atoms with E-state index in [1.54, 1.807) is 18.2 Å². The van der Waals surface area contributed by atoms with E-state index in [1.165, 1.54) is 6.07 Å². The van der Waals surface area contributed by atoms with Gasteiger partial charge in [0.1, 0.15) is 5.82 Å². The molecular formula is C13H16FNO. The fraction of sp³-hybridized carbons (Fsp3) is 0.462. The summed E-state index contributed by atoms with van der Waals surface area (Å²) in [6.45, 7) is 0. The smallest absolute Gasteiger partial charge is 0.157 e. The van der Waals surface area contributed by atoms with E-state index in [2.05, 4.69) is 0 Å². The normalized spacial score (nSPS) is 18.6. The van der Waals surface area contributed by atoms with Crippen LogP contribution in [0.2, 0.25) is 0 Å². The summed E-state index contributed by atoms with van der Waals surface area (Å²) in [4.78, 5) is 12.0. The molecular weight excluding hydrogens is 205 g/mol. The third kappa shape index (κ3) is 2.14. The SMILES string of the molecule is NC1(C(=O)Cc2ccccc2F)CCCC1. The molecule has 2 nitrogen and oxygen atoms in total. The predicted octanol–water partition coefficient (Wildman–Crippen LogP) is 2.21. The van der Waals surface area contributed by atoms with E-state index in [-0.39, 0.29) is 18.0 Å². The lowest BCUT2D eigenvalue weighted by Crippen LogP contribution is -2.46. The number of ketones is 1. The zero-order valence-electron chi connectivity index (χ0n) is 9.21. The van der Waals surface area contributed by atoms with Crippen molar-refractivity contribution >= 4 is 5.78 Å². The standard InChI is InChI=1S/C13H16FNO/c14-11-6-2-1-5-10(11)9-12(16)13(15)7-3-4-8-13/h1-2,5-6H,3-4,7-9,15H2. The van der Waals surface area contributed by atoms with E-state index in [4.69, 9.17) is 5.73 Å². The molecule has 0 saturated heterocycles. The van der Waals surface area contributed by atoms with Crippen molar-refractivity contribution in [1.82, 2.24) is 0 Å². The molecule has 1 aromatic rings. The summed E-state index contributed by atoms with van der Waals surface area (Å²) in [6.07, 6.45) is 3.59. The topological polar surface area (TPSA) is 43.1 Å². The molecule has 0 radical (unpaired) electrons. The van der Waals surface area contributed by atoms with Crippen molar-refractivity contribution in [2.75, 3.05) is 0 Å². The lowest BCUT2D eigenvalue weighted by atomic mass is 9.89. The first kappa shape index (κ1) is 11.3. The minimum Gasteiger partial charge on any atom is -0.319 e. The van der Waals surface area contributed by atoms with Crippen LogP contribution in [0.4, 0.5) is 4.39 Å². The Morgan fingerprint density at radius 2 is 1.94 bits per heavy atom. The molecule has 1 aromatic carbocycles. The molecule has 0 aliphatic heterocycles. The number of hydrogen-bond donors (Lipinski definition) is 1. The summed E-state index contributed by atoms with van der Waals surface area (Å²) in [7, 11) is 0. The van der Waals surface area contributed by atoms with Gasteiger partial charge in [0.25, 0.3) is 0 Å². The second-order valence-electron chi connectivity index (χ2n) is 4.55. The molecule has 1 fully saturated rings. The Morgan fingerprint density at radius 1 is 1.31 bits per heavy atom. The maximum Gasteiger partial charge on any atom is 0.157 e. The predicted molar refractivity (Wildman–Crippen MR) is 60.5 cm³/mol. The van der Waals surface area contributed by atoms with Gasteiger partial charge in [0.05, 0.1) is 5.54 Å². The molecule has 2 rings (SSSR count). The third-order valence-corrected chi connectivity index (χ3v) is 3.36. The van der Waals surface area contributed by atoms with Gasteiger partial charge in [0.15, 0.2) is 5.78 Å². The van der Waals surface area contributed by atoms with E-state index in [9.17, 15) is 9.18 Å². The first-order valence-corrected chi connectivity index (χ1v) is 5.67. The first-order chi connectivity index (χ1) is 7.62.